The fraction of sp³-hybridized carbons (Fsp3) is 0.435. The summed E-state index contributed by atoms with van der Waals surface area (Å²) in [7, 11) is 0. The number of fused-ring (bicyclic) bond motifs is 1. The topological polar surface area (TPSA) is 71.5 Å². The number of carbonyl (C=O) groups is 2. The molecule has 1 atom stereocenters. The number of aromatic nitrogens is 1. The Kier molecular flexibility index (Phi) is 5.71. The second-order valence-electron chi connectivity index (χ2n) is 8.44. The van der Waals surface area contributed by atoms with E-state index in [1.54, 1.807) is 11.1 Å². The zero-order valence-corrected chi connectivity index (χ0v) is 18.7. The lowest BCUT2D eigenvalue weighted by Crippen LogP contribution is -2.47. The van der Waals surface area contributed by atoms with Crippen molar-refractivity contribution in [3.05, 3.63) is 51.7 Å². The third kappa shape index (κ3) is 4.08. The second kappa shape index (κ2) is 8.63. The predicted octanol–water partition coefficient (Wildman–Crippen LogP) is 4.81. The maximum atomic E-state index is 13.3. The highest BCUT2D eigenvalue weighted by Crippen LogP contribution is 2.39. The van der Waals surface area contributed by atoms with Gasteiger partial charge in [-0.3, -0.25) is 9.59 Å². The van der Waals surface area contributed by atoms with Crippen LogP contribution in [-0.4, -0.2) is 34.3 Å². The van der Waals surface area contributed by atoms with E-state index in [1.807, 2.05) is 23.6 Å². The largest absolute Gasteiger partial charge is 0.451 e. The molecular formula is C23H24ClN3O3S. The molecule has 5 rings (SSSR count). The molecule has 8 heteroatoms. The van der Waals surface area contributed by atoms with Crippen LogP contribution in [0, 0.1) is 5.92 Å². The minimum atomic E-state index is -0.549. The monoisotopic (exact) mass is 457 g/mol. The fourth-order valence-corrected chi connectivity index (χ4v) is 5.62. The molecule has 1 saturated carbocycles. The van der Waals surface area contributed by atoms with Crippen molar-refractivity contribution in [3.8, 4) is 5.75 Å². The Labute approximate surface area is 190 Å². The van der Waals surface area contributed by atoms with E-state index < -0.39 is 6.04 Å². The third-order valence-electron chi connectivity index (χ3n) is 6.44. The summed E-state index contributed by atoms with van der Waals surface area (Å²) in [5.41, 5.74) is 1.79. The Morgan fingerprint density at radius 3 is 2.94 bits per heavy atom. The molecule has 2 aromatic rings. The van der Waals surface area contributed by atoms with Gasteiger partial charge in [-0.2, -0.15) is 0 Å². The van der Waals surface area contributed by atoms with Crippen molar-refractivity contribution in [3.63, 3.8) is 0 Å². The van der Waals surface area contributed by atoms with Gasteiger partial charge in [0.15, 0.2) is 10.9 Å². The number of benzene rings is 1. The molecule has 6 nitrogen and oxygen atoms in total. The van der Waals surface area contributed by atoms with Gasteiger partial charge in [-0.25, -0.2) is 4.98 Å². The number of thiazole rings is 1. The van der Waals surface area contributed by atoms with Crippen molar-refractivity contribution in [1.82, 2.24) is 9.88 Å². The lowest BCUT2D eigenvalue weighted by molar-refractivity contribution is -0.135. The first-order chi connectivity index (χ1) is 15.1. The van der Waals surface area contributed by atoms with Crippen LogP contribution in [0.2, 0.25) is 5.02 Å². The van der Waals surface area contributed by atoms with E-state index in [0.29, 0.717) is 47.0 Å². The van der Waals surface area contributed by atoms with Crippen LogP contribution in [0.1, 0.15) is 44.1 Å². The Balaban J connectivity index is 1.38. The van der Waals surface area contributed by atoms with Crippen molar-refractivity contribution in [2.45, 2.75) is 51.0 Å². The van der Waals surface area contributed by atoms with Gasteiger partial charge in [0.25, 0.3) is 5.91 Å². The van der Waals surface area contributed by atoms with Gasteiger partial charge in [0.2, 0.25) is 5.91 Å². The summed E-state index contributed by atoms with van der Waals surface area (Å²) in [5.74, 6) is 1.03. The number of nitrogens with one attached hydrogen (secondary N) is 1. The minimum absolute atomic E-state index is 0.177. The molecule has 162 valence electrons. The van der Waals surface area contributed by atoms with Crippen LogP contribution < -0.4 is 10.1 Å². The molecule has 2 aliphatic heterocycles. The van der Waals surface area contributed by atoms with Gasteiger partial charge in [0.05, 0.1) is 0 Å². The van der Waals surface area contributed by atoms with Crippen LogP contribution in [0.25, 0.3) is 0 Å². The van der Waals surface area contributed by atoms with Crippen molar-refractivity contribution in [2.75, 3.05) is 11.9 Å². The van der Waals surface area contributed by atoms with Crippen molar-refractivity contribution in [1.29, 1.82) is 0 Å². The number of carbonyl (C=O) groups excluding carboxylic acids is 2. The average Bonchev–Trinajstić information content (AvgIpc) is 3.40. The highest BCUT2D eigenvalue weighted by Gasteiger charge is 2.42. The molecule has 0 spiro atoms. The molecule has 1 fully saturated rings. The van der Waals surface area contributed by atoms with E-state index in [-0.39, 0.29) is 11.8 Å². The SMILES string of the molecule is O=C(Nc1nccs1)C(CC1CCCCC1)N1CC2=C(Oc3cccc(Cl)c3C2)C1=O. The summed E-state index contributed by atoms with van der Waals surface area (Å²) in [6, 6.07) is 4.93. The van der Waals surface area contributed by atoms with Gasteiger partial charge in [-0.15, -0.1) is 11.3 Å². The predicted molar refractivity (Wildman–Crippen MR) is 120 cm³/mol. The van der Waals surface area contributed by atoms with E-state index in [2.05, 4.69) is 10.3 Å². The zero-order valence-electron chi connectivity index (χ0n) is 17.1. The molecular weight excluding hydrogens is 434 g/mol. The molecule has 3 aliphatic rings. The molecule has 1 aromatic heterocycles. The van der Waals surface area contributed by atoms with Gasteiger partial charge >= 0.3 is 0 Å². The molecule has 1 aromatic carbocycles. The quantitative estimate of drug-likeness (QED) is 0.699. The molecule has 0 radical (unpaired) electrons. The van der Waals surface area contributed by atoms with Gasteiger partial charge in [-0.05, 0) is 24.5 Å². The van der Waals surface area contributed by atoms with E-state index >= 15 is 0 Å². The first-order valence-electron chi connectivity index (χ1n) is 10.8. The van der Waals surface area contributed by atoms with Crippen LogP contribution in [0.15, 0.2) is 41.1 Å². The molecule has 3 heterocycles. The van der Waals surface area contributed by atoms with Gasteiger partial charge in [0.1, 0.15) is 11.8 Å². The Bertz CT molecular complexity index is 1030. The average molecular weight is 458 g/mol. The summed E-state index contributed by atoms with van der Waals surface area (Å²) in [5, 5.41) is 5.92. The molecule has 31 heavy (non-hydrogen) atoms. The highest BCUT2D eigenvalue weighted by atomic mass is 35.5. The highest BCUT2D eigenvalue weighted by molar-refractivity contribution is 7.13. The van der Waals surface area contributed by atoms with Crippen molar-refractivity contribution < 1.29 is 14.3 Å². The van der Waals surface area contributed by atoms with E-state index in [4.69, 9.17) is 16.3 Å². The Morgan fingerprint density at radius 1 is 1.32 bits per heavy atom. The van der Waals surface area contributed by atoms with Crippen LogP contribution >= 0.6 is 22.9 Å². The van der Waals surface area contributed by atoms with Gasteiger partial charge in [-0.1, -0.05) is 49.8 Å². The molecule has 1 aliphatic carbocycles. The van der Waals surface area contributed by atoms with E-state index in [9.17, 15) is 9.59 Å². The number of hydrogen-bond acceptors (Lipinski definition) is 5. The zero-order chi connectivity index (χ0) is 21.4. The molecule has 0 bridgehead atoms. The van der Waals surface area contributed by atoms with Crippen LogP contribution in [0.4, 0.5) is 5.13 Å². The van der Waals surface area contributed by atoms with E-state index in [1.165, 1.54) is 30.6 Å². The van der Waals surface area contributed by atoms with Gasteiger partial charge in [0, 0.05) is 40.7 Å². The standard InChI is InChI=1S/C23H24ClN3O3S/c24-17-7-4-8-19-16(17)12-15-13-27(22(29)20(15)30-19)18(11-14-5-2-1-3-6-14)21(28)26-23-25-9-10-31-23/h4,7-10,14,18H,1-3,5-6,11-13H2,(H,25,26,28). The number of ether oxygens (including phenoxy) is 1. The Hall–Kier alpha value is -2.38. The number of rotatable bonds is 5. The smallest absolute Gasteiger partial charge is 0.290 e. The first kappa shape index (κ1) is 20.5. The molecule has 1 unspecified atom stereocenters. The normalized spacial score (nSPS) is 19.6. The molecule has 0 saturated heterocycles. The maximum absolute atomic E-state index is 13.3. The minimum Gasteiger partial charge on any atom is -0.451 e. The lowest BCUT2D eigenvalue weighted by Gasteiger charge is -2.31. The summed E-state index contributed by atoms with van der Waals surface area (Å²) < 4.78 is 5.97. The second-order valence-corrected chi connectivity index (χ2v) is 9.74. The first-order valence-corrected chi connectivity index (χ1v) is 12.0. The van der Waals surface area contributed by atoms with E-state index in [0.717, 1.165) is 24.0 Å². The summed E-state index contributed by atoms with van der Waals surface area (Å²) in [4.78, 5) is 32.5. The number of amides is 2. The lowest BCUT2D eigenvalue weighted by atomic mass is 9.84. The van der Waals surface area contributed by atoms with Gasteiger partial charge < -0.3 is 15.0 Å². The molecule has 1 N–H and O–H groups in total. The Morgan fingerprint density at radius 2 is 2.16 bits per heavy atom. The number of halogens is 1. The van der Waals surface area contributed by atoms with Crippen molar-refractivity contribution >= 4 is 39.9 Å². The number of hydrogen-bond donors (Lipinski definition) is 1. The number of anilines is 1. The van der Waals surface area contributed by atoms with Crippen LogP contribution in [0.5, 0.6) is 5.75 Å². The fourth-order valence-electron chi connectivity index (χ4n) is 4.85. The summed E-state index contributed by atoms with van der Waals surface area (Å²) in [6.07, 6.45) is 8.72. The third-order valence-corrected chi connectivity index (χ3v) is 7.48. The van der Waals surface area contributed by atoms with Crippen LogP contribution in [-0.2, 0) is 16.0 Å². The van der Waals surface area contributed by atoms with Crippen molar-refractivity contribution in [2.24, 2.45) is 5.92 Å². The summed E-state index contributed by atoms with van der Waals surface area (Å²) >= 11 is 7.73. The molecule has 2 amide bonds. The number of nitrogens with zero attached hydrogens (tertiary/aromatic N) is 2. The van der Waals surface area contributed by atoms with Crippen LogP contribution in [0.3, 0.4) is 0 Å². The maximum Gasteiger partial charge on any atom is 0.290 e. The summed E-state index contributed by atoms with van der Waals surface area (Å²) in [6.45, 7) is 0.390.